The van der Waals surface area contributed by atoms with Crippen molar-refractivity contribution in [2.45, 2.75) is 18.9 Å². The van der Waals surface area contributed by atoms with Crippen molar-refractivity contribution in [3.8, 4) is 0 Å². The molecular weight excluding hydrogens is 194 g/mol. The first-order valence-electron chi connectivity index (χ1n) is 5.45. The molecule has 15 heavy (non-hydrogen) atoms. The number of nitrogens with zero attached hydrogens (tertiary/aromatic N) is 1. The van der Waals surface area contributed by atoms with E-state index in [0.29, 0.717) is 6.54 Å². The van der Waals surface area contributed by atoms with E-state index >= 15 is 0 Å². The van der Waals surface area contributed by atoms with Crippen molar-refractivity contribution in [2.24, 2.45) is 5.92 Å². The Kier molecular flexibility index (Phi) is 2.90. The van der Waals surface area contributed by atoms with Crippen LogP contribution in [0.5, 0.6) is 0 Å². The summed E-state index contributed by atoms with van der Waals surface area (Å²) in [5.41, 5.74) is 0. The van der Waals surface area contributed by atoms with Gasteiger partial charge in [-0.15, -0.1) is 0 Å². The third-order valence-corrected chi connectivity index (χ3v) is 3.24. The molecule has 2 heterocycles. The van der Waals surface area contributed by atoms with Gasteiger partial charge in [0.2, 0.25) is 11.8 Å². The van der Waals surface area contributed by atoms with Crippen molar-refractivity contribution in [3.63, 3.8) is 0 Å². The molecule has 2 atom stereocenters. The molecule has 5 nitrogen and oxygen atoms in total. The van der Waals surface area contributed by atoms with Crippen molar-refractivity contribution in [1.29, 1.82) is 0 Å². The fourth-order valence-electron chi connectivity index (χ4n) is 2.40. The summed E-state index contributed by atoms with van der Waals surface area (Å²) in [6, 6.07) is 0.260. The lowest BCUT2D eigenvalue weighted by Gasteiger charge is -2.23. The molecule has 0 saturated carbocycles. The van der Waals surface area contributed by atoms with Gasteiger partial charge in [-0.2, -0.15) is 0 Å². The molecule has 2 fully saturated rings. The van der Waals surface area contributed by atoms with Gasteiger partial charge in [-0.3, -0.25) is 9.59 Å². The Balaban J connectivity index is 1.98. The number of likely N-dealkylation sites (N-methyl/N-ethyl adjacent to an activating group) is 1. The Bertz CT molecular complexity index is 280. The highest BCUT2D eigenvalue weighted by atomic mass is 16.2. The van der Waals surface area contributed by atoms with Gasteiger partial charge in [-0.05, 0) is 19.4 Å². The number of likely N-dealkylation sites (tertiary alicyclic amines) is 1. The van der Waals surface area contributed by atoms with Crippen LogP contribution in [0.15, 0.2) is 0 Å². The smallest absolute Gasteiger partial charge is 0.239 e. The van der Waals surface area contributed by atoms with Gasteiger partial charge in [0.15, 0.2) is 0 Å². The van der Waals surface area contributed by atoms with Crippen LogP contribution in [0.1, 0.15) is 12.8 Å². The van der Waals surface area contributed by atoms with Gasteiger partial charge in [0.1, 0.15) is 0 Å². The lowest BCUT2D eigenvalue weighted by molar-refractivity contribution is -0.135. The minimum atomic E-state index is -0.0954. The molecule has 0 aromatic heterocycles. The molecule has 2 N–H and O–H groups in total. The van der Waals surface area contributed by atoms with Crippen LogP contribution in [-0.2, 0) is 9.59 Å². The second-order valence-electron chi connectivity index (χ2n) is 4.20. The molecule has 0 radical (unpaired) electrons. The zero-order valence-electron chi connectivity index (χ0n) is 8.95. The molecule has 2 unspecified atom stereocenters. The minimum Gasteiger partial charge on any atom is -0.358 e. The molecule has 0 spiro atoms. The van der Waals surface area contributed by atoms with Gasteiger partial charge in [-0.1, -0.05) is 0 Å². The highest BCUT2D eigenvalue weighted by Crippen LogP contribution is 2.25. The van der Waals surface area contributed by atoms with Crippen LogP contribution in [0, 0.1) is 5.92 Å². The normalized spacial score (nSPS) is 30.2. The second kappa shape index (κ2) is 4.18. The predicted molar refractivity (Wildman–Crippen MR) is 55.2 cm³/mol. The lowest BCUT2D eigenvalue weighted by Crippen LogP contribution is -2.41. The van der Waals surface area contributed by atoms with Gasteiger partial charge in [0, 0.05) is 19.6 Å². The SMILES string of the molecule is CNC(=O)CN1CC2NCCCC2C1=O. The Labute approximate surface area is 89.2 Å². The quantitative estimate of drug-likeness (QED) is 0.612. The highest BCUT2D eigenvalue weighted by Gasteiger charge is 2.41. The van der Waals surface area contributed by atoms with Crippen LogP contribution >= 0.6 is 0 Å². The van der Waals surface area contributed by atoms with Crippen LogP contribution in [0.4, 0.5) is 0 Å². The number of amides is 2. The predicted octanol–water partition coefficient (Wildman–Crippen LogP) is -1.06. The van der Waals surface area contributed by atoms with Crippen LogP contribution < -0.4 is 10.6 Å². The van der Waals surface area contributed by atoms with E-state index in [1.165, 1.54) is 0 Å². The van der Waals surface area contributed by atoms with E-state index in [9.17, 15) is 9.59 Å². The summed E-state index contributed by atoms with van der Waals surface area (Å²) in [7, 11) is 1.59. The monoisotopic (exact) mass is 211 g/mol. The van der Waals surface area contributed by atoms with Crippen LogP contribution in [0.25, 0.3) is 0 Å². The molecule has 0 aromatic carbocycles. The van der Waals surface area contributed by atoms with Crippen molar-refractivity contribution in [3.05, 3.63) is 0 Å². The summed E-state index contributed by atoms with van der Waals surface area (Å²) in [6.45, 7) is 1.86. The lowest BCUT2D eigenvalue weighted by atomic mass is 9.94. The largest absolute Gasteiger partial charge is 0.358 e. The first-order valence-corrected chi connectivity index (χ1v) is 5.45. The number of carbonyl (C=O) groups is 2. The molecule has 2 rings (SSSR count). The fourth-order valence-corrected chi connectivity index (χ4v) is 2.40. The number of carbonyl (C=O) groups excluding carboxylic acids is 2. The minimum absolute atomic E-state index is 0.0954. The molecule has 0 aliphatic carbocycles. The third-order valence-electron chi connectivity index (χ3n) is 3.24. The Morgan fingerprint density at radius 2 is 2.47 bits per heavy atom. The van der Waals surface area contributed by atoms with E-state index < -0.39 is 0 Å². The number of hydrogen-bond donors (Lipinski definition) is 2. The van der Waals surface area contributed by atoms with Crippen molar-refractivity contribution >= 4 is 11.8 Å². The molecule has 5 heteroatoms. The van der Waals surface area contributed by atoms with E-state index in [4.69, 9.17) is 0 Å². The van der Waals surface area contributed by atoms with E-state index in [1.807, 2.05) is 0 Å². The summed E-state index contributed by atoms with van der Waals surface area (Å²) in [5, 5.41) is 5.88. The van der Waals surface area contributed by atoms with Crippen molar-refractivity contribution in [2.75, 3.05) is 26.7 Å². The average Bonchev–Trinajstić information content (AvgIpc) is 2.57. The van der Waals surface area contributed by atoms with Gasteiger partial charge < -0.3 is 15.5 Å². The number of fused-ring (bicyclic) bond motifs is 1. The highest BCUT2D eigenvalue weighted by molar-refractivity contribution is 5.87. The van der Waals surface area contributed by atoms with Crippen molar-refractivity contribution in [1.82, 2.24) is 15.5 Å². The summed E-state index contributed by atoms with van der Waals surface area (Å²) in [5.74, 6) is 0.140. The standard InChI is InChI=1S/C10H17N3O2/c1-11-9(14)6-13-5-8-7(10(13)15)3-2-4-12-8/h7-8,12H,2-6H2,1H3,(H,11,14). The Hall–Kier alpha value is -1.10. The van der Waals surface area contributed by atoms with Crippen LogP contribution in [-0.4, -0.2) is 49.4 Å². The van der Waals surface area contributed by atoms with Crippen molar-refractivity contribution < 1.29 is 9.59 Å². The van der Waals surface area contributed by atoms with E-state index in [-0.39, 0.29) is 30.3 Å². The molecule has 84 valence electrons. The fraction of sp³-hybridized carbons (Fsp3) is 0.800. The zero-order chi connectivity index (χ0) is 10.8. The number of nitrogens with one attached hydrogen (secondary N) is 2. The third kappa shape index (κ3) is 1.97. The second-order valence-corrected chi connectivity index (χ2v) is 4.20. The van der Waals surface area contributed by atoms with E-state index in [2.05, 4.69) is 10.6 Å². The topological polar surface area (TPSA) is 61.4 Å². The Morgan fingerprint density at radius 3 is 3.13 bits per heavy atom. The molecule has 2 aliphatic rings. The molecule has 2 amide bonds. The maximum atomic E-state index is 11.9. The van der Waals surface area contributed by atoms with Gasteiger partial charge in [-0.25, -0.2) is 0 Å². The Morgan fingerprint density at radius 1 is 1.67 bits per heavy atom. The number of hydrogen-bond acceptors (Lipinski definition) is 3. The average molecular weight is 211 g/mol. The molecule has 2 saturated heterocycles. The number of piperidine rings is 1. The summed E-state index contributed by atoms with van der Waals surface area (Å²) in [6.07, 6.45) is 2.02. The number of rotatable bonds is 2. The van der Waals surface area contributed by atoms with Gasteiger partial charge >= 0.3 is 0 Å². The summed E-state index contributed by atoms with van der Waals surface area (Å²) in [4.78, 5) is 24.7. The molecule has 2 aliphatic heterocycles. The van der Waals surface area contributed by atoms with Gasteiger partial charge in [0.25, 0.3) is 0 Å². The van der Waals surface area contributed by atoms with Gasteiger partial charge in [0.05, 0.1) is 12.5 Å². The van der Waals surface area contributed by atoms with Crippen LogP contribution in [0.2, 0.25) is 0 Å². The molecule has 0 bridgehead atoms. The zero-order valence-corrected chi connectivity index (χ0v) is 8.95. The summed E-state index contributed by atoms with van der Waals surface area (Å²) >= 11 is 0. The maximum Gasteiger partial charge on any atom is 0.239 e. The summed E-state index contributed by atoms with van der Waals surface area (Å²) < 4.78 is 0. The maximum absolute atomic E-state index is 11.9. The van der Waals surface area contributed by atoms with E-state index in [0.717, 1.165) is 19.4 Å². The van der Waals surface area contributed by atoms with Crippen LogP contribution in [0.3, 0.4) is 0 Å². The van der Waals surface area contributed by atoms with E-state index in [1.54, 1.807) is 11.9 Å². The first kappa shape index (κ1) is 10.4. The first-order chi connectivity index (χ1) is 7.22. The molecular formula is C10H17N3O2. The molecule has 0 aromatic rings.